The standard InChI is InChI=1S/C23H40N2O16/c1-7-13(24-8(2)29)20(16(32)10(4-26)37-7)39-22-14(25-9(3)30)17(33)19(12(6-28)38-22)41-23(36)21(35)18(34)15(31)11(5-27)40-23/h7,10-22,26-28,31-36H,4-6H2,1-3H3,(H,24,29)(H,25,30)/t7-,10?,11?,12?,13?,14?,15-,16-,17+,18-,19+,20+,21?,22-,23+/m0/s1. The van der Waals surface area contributed by atoms with E-state index in [1.54, 1.807) is 6.92 Å². The first-order valence-corrected chi connectivity index (χ1v) is 13.0. The molecule has 3 rings (SSSR count). The molecule has 2 amide bonds. The molecule has 3 heterocycles. The maximum absolute atomic E-state index is 12.1. The summed E-state index contributed by atoms with van der Waals surface area (Å²) in [5.74, 6) is -4.35. The molecule has 0 aromatic heterocycles. The zero-order chi connectivity index (χ0) is 30.8. The summed E-state index contributed by atoms with van der Waals surface area (Å²) in [7, 11) is 0. The first-order valence-electron chi connectivity index (χ1n) is 13.0. The van der Waals surface area contributed by atoms with Crippen LogP contribution in [0, 0.1) is 0 Å². The molecule has 41 heavy (non-hydrogen) atoms. The van der Waals surface area contributed by atoms with Gasteiger partial charge in [0.25, 0.3) is 0 Å². The lowest BCUT2D eigenvalue weighted by molar-refractivity contribution is -0.472. The Labute approximate surface area is 234 Å². The van der Waals surface area contributed by atoms with Crippen molar-refractivity contribution in [3.8, 4) is 0 Å². The van der Waals surface area contributed by atoms with Crippen LogP contribution in [0.4, 0.5) is 0 Å². The lowest BCUT2D eigenvalue weighted by Crippen LogP contribution is -2.72. The molecule has 15 atom stereocenters. The van der Waals surface area contributed by atoms with Gasteiger partial charge in [-0.3, -0.25) is 9.59 Å². The van der Waals surface area contributed by atoms with E-state index in [0.717, 1.165) is 6.92 Å². The van der Waals surface area contributed by atoms with Crippen LogP contribution in [0.1, 0.15) is 20.8 Å². The number of aliphatic hydroxyl groups excluding tert-OH is 8. The largest absolute Gasteiger partial charge is 0.394 e. The summed E-state index contributed by atoms with van der Waals surface area (Å²) >= 11 is 0. The molecule has 3 saturated heterocycles. The van der Waals surface area contributed by atoms with Gasteiger partial charge in [0.1, 0.15) is 61.0 Å². The molecule has 3 fully saturated rings. The molecule has 0 saturated carbocycles. The van der Waals surface area contributed by atoms with Gasteiger partial charge in [-0.05, 0) is 6.92 Å². The highest BCUT2D eigenvalue weighted by atomic mass is 16.8. The topological polar surface area (TPSA) is 286 Å². The number of nitrogens with one attached hydrogen (secondary N) is 2. The van der Waals surface area contributed by atoms with Gasteiger partial charge >= 0.3 is 5.97 Å². The predicted molar refractivity (Wildman–Crippen MR) is 129 cm³/mol. The maximum Gasteiger partial charge on any atom is 0.311 e. The highest BCUT2D eigenvalue weighted by Crippen LogP contribution is 2.35. The average molecular weight is 601 g/mol. The minimum atomic E-state index is -3.14. The fourth-order valence-corrected chi connectivity index (χ4v) is 5.17. The molecule has 238 valence electrons. The van der Waals surface area contributed by atoms with Gasteiger partial charge < -0.3 is 80.3 Å². The average Bonchev–Trinajstić information content (AvgIpc) is 2.91. The monoisotopic (exact) mass is 600 g/mol. The Kier molecular flexibility index (Phi) is 11.4. The number of ether oxygens (including phenoxy) is 5. The Morgan fingerprint density at radius 2 is 1.32 bits per heavy atom. The number of aliphatic hydroxyl groups is 9. The number of hydrogen-bond donors (Lipinski definition) is 11. The second-order valence-electron chi connectivity index (χ2n) is 10.3. The first kappa shape index (κ1) is 33.9. The van der Waals surface area contributed by atoms with Crippen LogP contribution < -0.4 is 10.6 Å². The number of carbonyl (C=O) groups excluding carboxylic acids is 2. The highest BCUT2D eigenvalue weighted by molar-refractivity contribution is 5.73. The van der Waals surface area contributed by atoms with Gasteiger partial charge in [0.05, 0.1) is 32.0 Å². The van der Waals surface area contributed by atoms with Crippen LogP contribution in [0.2, 0.25) is 0 Å². The second kappa shape index (κ2) is 13.8. The van der Waals surface area contributed by atoms with E-state index in [1.807, 2.05) is 0 Å². The number of hydrogen-bond acceptors (Lipinski definition) is 16. The van der Waals surface area contributed by atoms with Crippen LogP contribution in [0.3, 0.4) is 0 Å². The molecular weight excluding hydrogens is 560 g/mol. The van der Waals surface area contributed by atoms with Crippen molar-refractivity contribution in [3.05, 3.63) is 0 Å². The van der Waals surface area contributed by atoms with E-state index >= 15 is 0 Å². The summed E-state index contributed by atoms with van der Waals surface area (Å²) in [4.78, 5) is 23.9. The smallest absolute Gasteiger partial charge is 0.311 e. The minimum absolute atomic E-state index is 0.508. The van der Waals surface area contributed by atoms with Crippen LogP contribution in [0.5, 0.6) is 0 Å². The Balaban J connectivity index is 1.92. The second-order valence-corrected chi connectivity index (χ2v) is 10.3. The highest BCUT2D eigenvalue weighted by Gasteiger charge is 2.59. The van der Waals surface area contributed by atoms with E-state index in [-0.39, 0.29) is 0 Å². The maximum atomic E-state index is 12.1. The molecule has 0 aliphatic carbocycles. The van der Waals surface area contributed by atoms with Crippen molar-refractivity contribution in [1.29, 1.82) is 0 Å². The normalized spacial score (nSPS) is 47.0. The number of amides is 2. The third kappa shape index (κ3) is 7.13. The van der Waals surface area contributed by atoms with Crippen molar-refractivity contribution in [1.82, 2.24) is 10.6 Å². The molecule has 18 nitrogen and oxygen atoms in total. The summed E-state index contributed by atoms with van der Waals surface area (Å²) in [6.45, 7) is 1.42. The predicted octanol–water partition coefficient (Wildman–Crippen LogP) is -6.90. The van der Waals surface area contributed by atoms with Gasteiger partial charge in [0, 0.05) is 13.8 Å². The molecule has 0 spiro atoms. The number of rotatable bonds is 9. The van der Waals surface area contributed by atoms with Crippen molar-refractivity contribution in [2.24, 2.45) is 0 Å². The molecule has 3 aliphatic rings. The van der Waals surface area contributed by atoms with Crippen LogP contribution >= 0.6 is 0 Å². The van der Waals surface area contributed by atoms with E-state index in [2.05, 4.69) is 10.6 Å². The molecule has 0 aromatic carbocycles. The minimum Gasteiger partial charge on any atom is -0.394 e. The third-order valence-electron chi connectivity index (χ3n) is 7.26. The van der Waals surface area contributed by atoms with E-state index in [4.69, 9.17) is 23.7 Å². The SMILES string of the molecule is CC(=O)NC1[C@H](O[C@@H]2C(NC(C)=O)[C@H](C)OC(CO)[C@@H]2O)OC(CO)[C@@H](O[C@]2(O)OC(CO)[C@H](O)[C@H](O)C2O)[C@@H]1O. The van der Waals surface area contributed by atoms with E-state index < -0.39 is 123 Å². The summed E-state index contributed by atoms with van der Waals surface area (Å²) in [5.41, 5.74) is 0. The summed E-state index contributed by atoms with van der Waals surface area (Å²) in [5, 5.41) is 97.6. The van der Waals surface area contributed by atoms with Gasteiger partial charge in [-0.25, -0.2) is 0 Å². The Hall–Kier alpha value is -1.62. The zero-order valence-corrected chi connectivity index (χ0v) is 22.6. The third-order valence-corrected chi connectivity index (χ3v) is 7.26. The van der Waals surface area contributed by atoms with Crippen molar-refractivity contribution in [2.75, 3.05) is 19.8 Å². The fraction of sp³-hybridized carbons (Fsp3) is 0.913. The summed E-state index contributed by atoms with van der Waals surface area (Å²) in [6, 6.07) is -2.54. The van der Waals surface area contributed by atoms with Gasteiger partial charge in [-0.15, -0.1) is 0 Å². The van der Waals surface area contributed by atoms with Crippen LogP contribution in [0.25, 0.3) is 0 Å². The summed E-state index contributed by atoms with van der Waals surface area (Å²) in [6.07, 6.45) is -19.6. The lowest BCUT2D eigenvalue weighted by Gasteiger charge is -2.51. The molecule has 11 N–H and O–H groups in total. The molecule has 0 aromatic rings. The van der Waals surface area contributed by atoms with Crippen molar-refractivity contribution >= 4 is 11.8 Å². The molecule has 18 heteroatoms. The van der Waals surface area contributed by atoms with E-state index in [0.29, 0.717) is 0 Å². The van der Waals surface area contributed by atoms with E-state index in [9.17, 15) is 55.5 Å². The van der Waals surface area contributed by atoms with Crippen LogP contribution in [-0.2, 0) is 33.3 Å². The number of carbonyl (C=O) groups is 2. The van der Waals surface area contributed by atoms with Crippen molar-refractivity contribution in [2.45, 2.75) is 112 Å². The molecule has 6 unspecified atom stereocenters. The summed E-state index contributed by atoms with van der Waals surface area (Å²) < 4.78 is 27.7. The van der Waals surface area contributed by atoms with E-state index in [1.165, 1.54) is 6.92 Å². The lowest BCUT2D eigenvalue weighted by atomic mass is 9.92. The first-order chi connectivity index (χ1) is 19.2. The van der Waals surface area contributed by atoms with Crippen molar-refractivity contribution in [3.63, 3.8) is 0 Å². The molecule has 0 radical (unpaired) electrons. The zero-order valence-electron chi connectivity index (χ0n) is 22.6. The molecular formula is C23H40N2O16. The van der Waals surface area contributed by atoms with Gasteiger partial charge in [-0.2, -0.15) is 0 Å². The van der Waals surface area contributed by atoms with Gasteiger partial charge in [0.2, 0.25) is 11.8 Å². The Bertz CT molecular complexity index is 898. The quantitative estimate of drug-likeness (QED) is 0.110. The molecule has 3 aliphatic heterocycles. The fourth-order valence-electron chi connectivity index (χ4n) is 5.17. The Morgan fingerprint density at radius 3 is 1.85 bits per heavy atom. The van der Waals surface area contributed by atoms with Crippen LogP contribution in [-0.4, -0.2) is 169 Å². The van der Waals surface area contributed by atoms with Gasteiger partial charge in [0.15, 0.2) is 12.4 Å². The van der Waals surface area contributed by atoms with Crippen LogP contribution in [0.15, 0.2) is 0 Å². The van der Waals surface area contributed by atoms with Gasteiger partial charge in [-0.1, -0.05) is 0 Å². The Morgan fingerprint density at radius 1 is 0.756 bits per heavy atom. The van der Waals surface area contributed by atoms with Crippen molar-refractivity contribution < 1.29 is 79.2 Å². The molecule has 0 bridgehead atoms.